The quantitative estimate of drug-likeness (QED) is 0.674. The van der Waals surface area contributed by atoms with E-state index in [1.165, 1.54) is 31.1 Å². The number of carbonyl (C=O) groups is 1. The molecular weight excluding hydrogens is 252 g/mol. The number of hydrogen-bond acceptors (Lipinski definition) is 6. The number of aromatic nitrogens is 1. The Bertz CT molecular complexity index is 540. The Balaban J connectivity index is 2.16. The van der Waals surface area contributed by atoms with Crippen molar-refractivity contribution in [1.29, 1.82) is 0 Å². The van der Waals surface area contributed by atoms with E-state index in [1.54, 1.807) is 6.26 Å². The second-order valence-corrected chi connectivity index (χ2v) is 4.40. The minimum Gasteiger partial charge on any atom is -0.468 e. The molecule has 5 nitrogen and oxygen atoms in total. The van der Waals surface area contributed by atoms with Crippen molar-refractivity contribution in [2.24, 2.45) is 0 Å². The molecule has 2 N–H and O–H groups in total. The van der Waals surface area contributed by atoms with Gasteiger partial charge in [0.15, 0.2) is 0 Å². The van der Waals surface area contributed by atoms with E-state index in [0.717, 1.165) is 5.76 Å². The molecule has 2 rings (SSSR count). The van der Waals surface area contributed by atoms with Crippen molar-refractivity contribution in [1.82, 2.24) is 4.98 Å². The molecule has 0 saturated heterocycles. The molecule has 0 fully saturated rings. The minimum absolute atomic E-state index is 0.328. The third-order valence-electron chi connectivity index (χ3n) is 2.29. The number of ether oxygens (including phenoxy) is 1. The number of furan rings is 1. The van der Waals surface area contributed by atoms with E-state index in [1.807, 2.05) is 12.1 Å². The van der Waals surface area contributed by atoms with Gasteiger partial charge in [-0.2, -0.15) is 0 Å². The summed E-state index contributed by atoms with van der Waals surface area (Å²) in [6, 6.07) is 5.23. The molecular formula is C12H12N2O3S. The highest BCUT2D eigenvalue weighted by molar-refractivity contribution is 7.98. The van der Waals surface area contributed by atoms with Gasteiger partial charge in [-0.3, -0.25) is 0 Å². The molecule has 0 aliphatic heterocycles. The second-order valence-electron chi connectivity index (χ2n) is 3.44. The summed E-state index contributed by atoms with van der Waals surface area (Å²) in [4.78, 5) is 15.6. The number of nitrogens with two attached hydrogens (primary N) is 1. The third-order valence-corrected chi connectivity index (χ3v) is 3.32. The fourth-order valence-electron chi connectivity index (χ4n) is 1.39. The maximum Gasteiger partial charge on any atom is 0.340 e. The topological polar surface area (TPSA) is 78.3 Å². The van der Waals surface area contributed by atoms with Gasteiger partial charge in [-0.05, 0) is 18.2 Å². The molecule has 0 atom stereocenters. The summed E-state index contributed by atoms with van der Waals surface area (Å²) in [5, 5.41) is 0.592. The van der Waals surface area contributed by atoms with Crippen LogP contribution in [-0.4, -0.2) is 18.1 Å². The van der Waals surface area contributed by atoms with Gasteiger partial charge in [-0.15, -0.1) is 0 Å². The molecule has 0 aliphatic rings. The zero-order valence-electron chi connectivity index (χ0n) is 9.75. The lowest BCUT2D eigenvalue weighted by molar-refractivity contribution is 0.0601. The number of esters is 1. The van der Waals surface area contributed by atoms with Crippen molar-refractivity contribution in [3.63, 3.8) is 0 Å². The maximum atomic E-state index is 11.5. The van der Waals surface area contributed by atoms with Crippen LogP contribution in [0, 0.1) is 0 Å². The number of nitrogen functional groups attached to an aromatic ring is 1. The monoisotopic (exact) mass is 264 g/mol. The van der Waals surface area contributed by atoms with E-state index in [0.29, 0.717) is 22.0 Å². The van der Waals surface area contributed by atoms with E-state index in [9.17, 15) is 4.79 Å². The van der Waals surface area contributed by atoms with Crippen molar-refractivity contribution in [3.8, 4) is 0 Å². The zero-order valence-corrected chi connectivity index (χ0v) is 10.6. The second kappa shape index (κ2) is 5.59. The van der Waals surface area contributed by atoms with Gasteiger partial charge in [0, 0.05) is 6.20 Å². The number of thioether (sulfide) groups is 1. The maximum absolute atomic E-state index is 11.5. The molecule has 0 saturated carbocycles. The van der Waals surface area contributed by atoms with Crippen molar-refractivity contribution in [3.05, 3.63) is 42.0 Å². The van der Waals surface area contributed by atoms with Crippen LogP contribution in [0.5, 0.6) is 0 Å². The van der Waals surface area contributed by atoms with Crippen LogP contribution in [0.4, 0.5) is 5.69 Å². The Morgan fingerprint density at radius 3 is 3.06 bits per heavy atom. The molecule has 2 heterocycles. The number of rotatable bonds is 4. The van der Waals surface area contributed by atoms with Crippen molar-refractivity contribution in [2.45, 2.75) is 10.8 Å². The third kappa shape index (κ3) is 2.65. The molecule has 2 aromatic rings. The normalized spacial score (nSPS) is 10.3. The first-order chi connectivity index (χ1) is 8.72. The molecule has 0 radical (unpaired) electrons. The molecule has 0 aromatic carbocycles. The molecule has 0 unspecified atom stereocenters. The van der Waals surface area contributed by atoms with Gasteiger partial charge in [0.2, 0.25) is 0 Å². The fourth-order valence-corrected chi connectivity index (χ4v) is 2.24. The Morgan fingerprint density at radius 2 is 2.39 bits per heavy atom. The smallest absolute Gasteiger partial charge is 0.340 e. The predicted octanol–water partition coefficient (Wildman–Crippen LogP) is 2.34. The van der Waals surface area contributed by atoms with E-state index in [2.05, 4.69) is 9.72 Å². The first-order valence-corrected chi connectivity index (χ1v) is 6.19. The van der Waals surface area contributed by atoms with Crippen LogP contribution < -0.4 is 5.73 Å². The molecule has 94 valence electrons. The first kappa shape index (κ1) is 12.5. The number of pyridine rings is 1. The van der Waals surface area contributed by atoms with Gasteiger partial charge >= 0.3 is 5.97 Å². The van der Waals surface area contributed by atoms with Crippen LogP contribution in [0.1, 0.15) is 16.1 Å². The summed E-state index contributed by atoms with van der Waals surface area (Å²) in [5.74, 6) is 0.967. The van der Waals surface area contributed by atoms with Gasteiger partial charge in [-0.25, -0.2) is 9.78 Å². The van der Waals surface area contributed by atoms with Gasteiger partial charge in [-0.1, -0.05) is 11.8 Å². The highest BCUT2D eigenvalue weighted by atomic mass is 32.2. The summed E-state index contributed by atoms with van der Waals surface area (Å²) in [6.07, 6.45) is 3.14. The molecule has 18 heavy (non-hydrogen) atoms. The summed E-state index contributed by atoms with van der Waals surface area (Å²) >= 11 is 1.41. The standard InChI is InChI=1S/C12H12N2O3S/c1-16-12(15)9-4-5-14-11(10(9)13)18-7-8-3-2-6-17-8/h2-6H,7,13H2,1H3. The number of carbonyl (C=O) groups excluding carboxylic acids is 1. The van der Waals surface area contributed by atoms with Crippen molar-refractivity contribution >= 4 is 23.4 Å². The number of anilines is 1. The highest BCUT2D eigenvalue weighted by Gasteiger charge is 2.14. The average Bonchev–Trinajstić information content (AvgIpc) is 2.90. The summed E-state index contributed by atoms with van der Waals surface area (Å²) in [5.41, 5.74) is 6.55. The lowest BCUT2D eigenvalue weighted by Crippen LogP contribution is -2.07. The molecule has 0 bridgehead atoms. The van der Waals surface area contributed by atoms with Gasteiger partial charge in [0.1, 0.15) is 10.8 Å². The molecule has 0 spiro atoms. The average molecular weight is 264 g/mol. The van der Waals surface area contributed by atoms with Crippen LogP contribution in [0.2, 0.25) is 0 Å². The minimum atomic E-state index is -0.463. The molecule has 0 aliphatic carbocycles. The Labute approximate surface area is 108 Å². The van der Waals surface area contributed by atoms with Crippen molar-refractivity contribution < 1.29 is 13.9 Å². The van der Waals surface area contributed by atoms with Gasteiger partial charge < -0.3 is 14.9 Å². The van der Waals surface area contributed by atoms with E-state index < -0.39 is 5.97 Å². The van der Waals surface area contributed by atoms with Crippen LogP contribution in [0.25, 0.3) is 0 Å². The first-order valence-electron chi connectivity index (χ1n) is 5.20. The lowest BCUT2D eigenvalue weighted by atomic mass is 10.2. The van der Waals surface area contributed by atoms with Gasteiger partial charge in [0.05, 0.1) is 30.4 Å². The number of methoxy groups -OCH3 is 1. The van der Waals surface area contributed by atoms with E-state index in [-0.39, 0.29) is 0 Å². The van der Waals surface area contributed by atoms with Crippen LogP contribution in [-0.2, 0) is 10.5 Å². The zero-order chi connectivity index (χ0) is 13.0. The van der Waals surface area contributed by atoms with Gasteiger partial charge in [0.25, 0.3) is 0 Å². The highest BCUT2D eigenvalue weighted by Crippen LogP contribution is 2.28. The fraction of sp³-hybridized carbons (Fsp3) is 0.167. The molecule has 0 amide bonds. The van der Waals surface area contributed by atoms with E-state index in [4.69, 9.17) is 10.2 Å². The predicted molar refractivity (Wildman–Crippen MR) is 68.3 cm³/mol. The lowest BCUT2D eigenvalue weighted by Gasteiger charge is -2.07. The molecule has 2 aromatic heterocycles. The Morgan fingerprint density at radius 1 is 1.56 bits per heavy atom. The largest absolute Gasteiger partial charge is 0.468 e. The van der Waals surface area contributed by atoms with Crippen LogP contribution in [0.15, 0.2) is 40.1 Å². The Kier molecular flexibility index (Phi) is 3.88. The molecule has 6 heteroatoms. The summed E-state index contributed by atoms with van der Waals surface area (Å²) in [7, 11) is 1.32. The number of nitrogens with zero attached hydrogens (tertiary/aromatic N) is 1. The number of hydrogen-bond donors (Lipinski definition) is 1. The van der Waals surface area contributed by atoms with Crippen LogP contribution in [0.3, 0.4) is 0 Å². The van der Waals surface area contributed by atoms with Crippen LogP contribution >= 0.6 is 11.8 Å². The Hall–Kier alpha value is -1.95. The summed E-state index contributed by atoms with van der Waals surface area (Å²) in [6.45, 7) is 0. The SMILES string of the molecule is COC(=O)c1ccnc(SCc2ccco2)c1N. The van der Waals surface area contributed by atoms with Crippen molar-refractivity contribution in [2.75, 3.05) is 12.8 Å². The summed E-state index contributed by atoms with van der Waals surface area (Å²) < 4.78 is 9.86. The van der Waals surface area contributed by atoms with E-state index >= 15 is 0 Å².